The van der Waals surface area contributed by atoms with Crippen LogP contribution in [0.2, 0.25) is 0 Å². The van der Waals surface area contributed by atoms with Crippen molar-refractivity contribution in [3.63, 3.8) is 0 Å². The highest BCUT2D eigenvalue weighted by Crippen LogP contribution is 2.37. The van der Waals surface area contributed by atoms with Crippen molar-refractivity contribution in [1.82, 2.24) is 10.2 Å². The van der Waals surface area contributed by atoms with Crippen molar-refractivity contribution in [3.8, 4) is 0 Å². The normalized spacial score (nSPS) is 37.9. The molecule has 3 atom stereocenters. The molecule has 3 unspecified atom stereocenters. The Hall–Kier alpha value is -0.120. The first-order valence-corrected chi connectivity index (χ1v) is 8.90. The summed E-state index contributed by atoms with van der Waals surface area (Å²) < 4.78 is 6.26. The first-order valence-electron chi connectivity index (χ1n) is 8.90. The van der Waals surface area contributed by atoms with Gasteiger partial charge in [0.15, 0.2) is 0 Å². The summed E-state index contributed by atoms with van der Waals surface area (Å²) in [5, 5.41) is 3.83. The number of rotatable bonds is 3. The molecule has 21 heavy (non-hydrogen) atoms. The zero-order valence-electron chi connectivity index (χ0n) is 14.6. The molecule has 3 heteroatoms. The van der Waals surface area contributed by atoms with Crippen LogP contribution >= 0.6 is 0 Å². The van der Waals surface area contributed by atoms with Gasteiger partial charge in [-0.3, -0.25) is 4.90 Å². The number of ether oxygens (including phenoxy) is 1. The Kier molecular flexibility index (Phi) is 4.13. The molecule has 2 heterocycles. The average Bonchev–Trinajstić information content (AvgIpc) is 3.14. The van der Waals surface area contributed by atoms with Gasteiger partial charge >= 0.3 is 0 Å². The molecular formula is C18H34N2O. The van der Waals surface area contributed by atoms with E-state index in [2.05, 4.69) is 44.8 Å². The fourth-order valence-corrected chi connectivity index (χ4v) is 4.17. The third-order valence-corrected chi connectivity index (χ3v) is 5.63. The van der Waals surface area contributed by atoms with Gasteiger partial charge in [-0.15, -0.1) is 0 Å². The molecule has 1 N–H and O–H groups in total. The molecule has 3 nitrogen and oxygen atoms in total. The van der Waals surface area contributed by atoms with E-state index >= 15 is 0 Å². The Morgan fingerprint density at radius 2 is 1.90 bits per heavy atom. The monoisotopic (exact) mass is 294 g/mol. The molecular weight excluding hydrogens is 260 g/mol. The maximum atomic E-state index is 6.26. The summed E-state index contributed by atoms with van der Waals surface area (Å²) in [7, 11) is 0. The Morgan fingerprint density at radius 3 is 2.43 bits per heavy atom. The van der Waals surface area contributed by atoms with Crippen molar-refractivity contribution >= 4 is 0 Å². The smallest absolute Gasteiger partial charge is 0.0710 e. The number of nitrogens with one attached hydrogen (secondary N) is 1. The van der Waals surface area contributed by atoms with E-state index in [1.165, 1.54) is 32.2 Å². The van der Waals surface area contributed by atoms with Gasteiger partial charge in [0, 0.05) is 31.7 Å². The lowest BCUT2D eigenvalue weighted by molar-refractivity contribution is -0.0492. The summed E-state index contributed by atoms with van der Waals surface area (Å²) in [6.07, 6.45) is 5.72. The molecule has 3 fully saturated rings. The van der Waals surface area contributed by atoms with Gasteiger partial charge in [0.2, 0.25) is 0 Å². The molecule has 0 amide bonds. The first-order chi connectivity index (χ1) is 9.74. The lowest BCUT2D eigenvalue weighted by atomic mass is 9.83. The van der Waals surface area contributed by atoms with E-state index in [-0.39, 0.29) is 5.60 Å². The van der Waals surface area contributed by atoms with Gasteiger partial charge < -0.3 is 10.1 Å². The molecule has 0 aromatic rings. The van der Waals surface area contributed by atoms with Gasteiger partial charge in [0.05, 0.1) is 11.7 Å². The quantitative estimate of drug-likeness (QED) is 0.866. The van der Waals surface area contributed by atoms with E-state index in [1.807, 2.05) is 0 Å². The summed E-state index contributed by atoms with van der Waals surface area (Å²) in [5.41, 5.74) is 0.418. The fourth-order valence-electron chi connectivity index (χ4n) is 4.17. The second kappa shape index (κ2) is 5.50. The molecule has 122 valence electrons. The van der Waals surface area contributed by atoms with Gasteiger partial charge in [0.25, 0.3) is 0 Å². The SMILES string of the molecule is CC1(C)CCC(CN2CC(C3CC3)NCC2C(C)(C)C)O1. The average molecular weight is 294 g/mol. The van der Waals surface area contributed by atoms with Crippen LogP contribution in [0.1, 0.15) is 60.3 Å². The van der Waals surface area contributed by atoms with Crippen molar-refractivity contribution < 1.29 is 4.74 Å². The maximum Gasteiger partial charge on any atom is 0.0710 e. The Bertz CT molecular complexity index is 370. The molecule has 3 rings (SSSR count). The molecule has 2 aliphatic heterocycles. The van der Waals surface area contributed by atoms with Gasteiger partial charge in [-0.1, -0.05) is 20.8 Å². The number of nitrogens with zero attached hydrogens (tertiary/aromatic N) is 1. The van der Waals surface area contributed by atoms with Crippen molar-refractivity contribution in [2.45, 2.75) is 84.1 Å². The van der Waals surface area contributed by atoms with E-state index in [0.717, 1.165) is 25.0 Å². The predicted molar refractivity (Wildman–Crippen MR) is 87.5 cm³/mol. The standard InChI is InChI=1S/C18H34N2O/c1-17(2,3)16-10-19-15(13-6-7-13)12-20(16)11-14-8-9-18(4,5)21-14/h13-16,19H,6-12H2,1-5H3. The van der Waals surface area contributed by atoms with E-state index in [0.29, 0.717) is 17.6 Å². The Labute approximate surface area is 130 Å². The first kappa shape index (κ1) is 15.8. The lowest BCUT2D eigenvalue weighted by Crippen LogP contribution is -2.62. The van der Waals surface area contributed by atoms with Crippen LogP contribution in [0, 0.1) is 11.3 Å². The van der Waals surface area contributed by atoms with Gasteiger partial charge in [0.1, 0.15) is 0 Å². The van der Waals surface area contributed by atoms with Crippen LogP contribution in [0.3, 0.4) is 0 Å². The van der Waals surface area contributed by atoms with Crippen molar-refractivity contribution in [3.05, 3.63) is 0 Å². The highest BCUT2D eigenvalue weighted by Gasteiger charge is 2.42. The molecule has 1 aliphatic carbocycles. The van der Waals surface area contributed by atoms with Crippen LogP contribution < -0.4 is 5.32 Å². The Balaban J connectivity index is 1.65. The van der Waals surface area contributed by atoms with E-state index < -0.39 is 0 Å². The lowest BCUT2D eigenvalue weighted by Gasteiger charge is -2.47. The molecule has 0 aromatic heterocycles. The molecule has 0 radical (unpaired) electrons. The molecule has 3 aliphatic rings. The number of hydrogen-bond donors (Lipinski definition) is 1. The van der Waals surface area contributed by atoms with E-state index in [9.17, 15) is 0 Å². The molecule has 1 saturated carbocycles. The topological polar surface area (TPSA) is 24.5 Å². The van der Waals surface area contributed by atoms with Crippen molar-refractivity contribution in [2.24, 2.45) is 11.3 Å². The fraction of sp³-hybridized carbons (Fsp3) is 1.00. The summed E-state index contributed by atoms with van der Waals surface area (Å²) in [6, 6.07) is 1.35. The van der Waals surface area contributed by atoms with Crippen LogP contribution in [-0.4, -0.2) is 48.3 Å². The van der Waals surface area contributed by atoms with E-state index in [1.54, 1.807) is 0 Å². The van der Waals surface area contributed by atoms with Crippen LogP contribution in [-0.2, 0) is 4.74 Å². The molecule has 0 bridgehead atoms. The number of piperazine rings is 1. The Morgan fingerprint density at radius 1 is 1.19 bits per heavy atom. The van der Waals surface area contributed by atoms with Crippen LogP contribution in [0.5, 0.6) is 0 Å². The second-order valence-corrected chi connectivity index (χ2v) is 9.23. The largest absolute Gasteiger partial charge is 0.371 e. The summed E-state index contributed by atoms with van der Waals surface area (Å²) in [5.74, 6) is 0.939. The third-order valence-electron chi connectivity index (χ3n) is 5.63. The number of hydrogen-bond acceptors (Lipinski definition) is 3. The summed E-state index contributed by atoms with van der Waals surface area (Å²) in [4.78, 5) is 2.74. The predicted octanol–water partition coefficient (Wildman–Crippen LogP) is 3.04. The minimum Gasteiger partial charge on any atom is -0.371 e. The highest BCUT2D eigenvalue weighted by molar-refractivity contribution is 4.98. The molecule has 0 spiro atoms. The maximum absolute atomic E-state index is 6.26. The molecule has 0 aromatic carbocycles. The van der Waals surface area contributed by atoms with Crippen molar-refractivity contribution in [2.75, 3.05) is 19.6 Å². The van der Waals surface area contributed by atoms with Crippen LogP contribution in [0.4, 0.5) is 0 Å². The van der Waals surface area contributed by atoms with Crippen LogP contribution in [0.25, 0.3) is 0 Å². The van der Waals surface area contributed by atoms with Crippen molar-refractivity contribution in [1.29, 1.82) is 0 Å². The summed E-state index contributed by atoms with van der Waals surface area (Å²) >= 11 is 0. The van der Waals surface area contributed by atoms with Crippen LogP contribution in [0.15, 0.2) is 0 Å². The zero-order chi connectivity index (χ0) is 15.3. The van der Waals surface area contributed by atoms with Gasteiger partial charge in [-0.05, 0) is 50.9 Å². The van der Waals surface area contributed by atoms with E-state index in [4.69, 9.17) is 4.74 Å². The van der Waals surface area contributed by atoms with Gasteiger partial charge in [-0.25, -0.2) is 0 Å². The minimum absolute atomic E-state index is 0.0891. The minimum atomic E-state index is 0.0891. The summed E-state index contributed by atoms with van der Waals surface area (Å²) in [6.45, 7) is 15.1. The second-order valence-electron chi connectivity index (χ2n) is 9.23. The third kappa shape index (κ3) is 3.80. The van der Waals surface area contributed by atoms with Gasteiger partial charge in [-0.2, -0.15) is 0 Å². The highest BCUT2D eigenvalue weighted by atomic mass is 16.5. The molecule has 2 saturated heterocycles. The zero-order valence-corrected chi connectivity index (χ0v) is 14.6.